The van der Waals surface area contributed by atoms with Crippen LogP contribution in [0, 0.1) is 0 Å². The normalized spacial score (nSPS) is 14.5. The van der Waals surface area contributed by atoms with Gasteiger partial charge >= 0.3 is 0 Å². The van der Waals surface area contributed by atoms with Crippen molar-refractivity contribution in [1.82, 2.24) is 9.13 Å². The number of amides is 1. The smallest absolute Gasteiger partial charge is 0.271 e. The maximum Gasteiger partial charge on any atom is 0.271 e. The van der Waals surface area contributed by atoms with Gasteiger partial charge in [0.1, 0.15) is 0 Å². The Kier molecular flexibility index (Phi) is 8.90. The van der Waals surface area contributed by atoms with Gasteiger partial charge in [0.05, 0.1) is 36.1 Å². The van der Waals surface area contributed by atoms with Gasteiger partial charge in [-0.2, -0.15) is 0 Å². The number of anilines is 1. The molecule has 1 aliphatic heterocycles. The van der Waals surface area contributed by atoms with Gasteiger partial charge in [0.25, 0.3) is 11.5 Å². The molecule has 1 aliphatic rings. The van der Waals surface area contributed by atoms with E-state index < -0.39 is 6.04 Å². The maximum absolute atomic E-state index is 14.5. The highest BCUT2D eigenvalue weighted by Gasteiger charge is 2.33. The first-order valence-electron chi connectivity index (χ1n) is 15.4. The molecule has 0 saturated carbocycles. The van der Waals surface area contributed by atoms with Crippen LogP contribution in [0.1, 0.15) is 29.7 Å². The average Bonchev–Trinajstić information content (AvgIpc) is 3.61. The Morgan fingerprint density at radius 3 is 2.47 bits per heavy atom. The van der Waals surface area contributed by atoms with Crippen LogP contribution in [0.3, 0.4) is 0 Å². The summed E-state index contributed by atoms with van der Waals surface area (Å²) in [7, 11) is 3.11. The molecule has 1 atom stereocenters. The van der Waals surface area contributed by atoms with Gasteiger partial charge in [-0.3, -0.25) is 14.2 Å². The SMILES string of the molecule is COc1ccc([C@@H]2C(C(=O)Nc3ccccc3)=C(C)N=c3s/c(=C\c4cn(Cc5ccc(Cl)cc5Cl)c5ccccc45)c(=O)n32)cc1OC. The van der Waals surface area contributed by atoms with Gasteiger partial charge < -0.3 is 19.4 Å². The highest BCUT2D eigenvalue weighted by Crippen LogP contribution is 2.36. The molecule has 8 nitrogen and oxygen atoms in total. The molecule has 0 radical (unpaired) electrons. The van der Waals surface area contributed by atoms with E-state index >= 15 is 0 Å². The highest BCUT2D eigenvalue weighted by molar-refractivity contribution is 7.07. The first-order chi connectivity index (χ1) is 23.7. The largest absolute Gasteiger partial charge is 0.493 e. The molecule has 49 heavy (non-hydrogen) atoms. The zero-order valence-corrected chi connectivity index (χ0v) is 29.1. The van der Waals surface area contributed by atoms with E-state index in [4.69, 9.17) is 37.7 Å². The van der Waals surface area contributed by atoms with Crippen LogP contribution in [0.15, 0.2) is 118 Å². The Balaban J connectivity index is 1.38. The number of hydrogen-bond donors (Lipinski definition) is 1. The van der Waals surface area contributed by atoms with Crippen LogP contribution in [-0.4, -0.2) is 29.3 Å². The molecule has 4 aromatic carbocycles. The predicted molar refractivity (Wildman–Crippen MR) is 196 cm³/mol. The van der Waals surface area contributed by atoms with E-state index in [1.807, 2.05) is 85.1 Å². The minimum Gasteiger partial charge on any atom is -0.493 e. The van der Waals surface area contributed by atoms with Crippen molar-refractivity contribution in [3.8, 4) is 11.5 Å². The van der Waals surface area contributed by atoms with Crippen LogP contribution in [-0.2, 0) is 11.3 Å². The van der Waals surface area contributed by atoms with Crippen molar-refractivity contribution in [2.45, 2.75) is 19.5 Å². The lowest BCUT2D eigenvalue weighted by Crippen LogP contribution is -2.40. The Bertz CT molecular complexity index is 2470. The maximum atomic E-state index is 14.5. The number of rotatable bonds is 8. The number of ether oxygens (including phenoxy) is 2. The van der Waals surface area contributed by atoms with E-state index in [0.717, 1.165) is 22.0 Å². The number of para-hydroxylation sites is 2. The van der Waals surface area contributed by atoms with E-state index in [1.165, 1.54) is 11.3 Å². The highest BCUT2D eigenvalue weighted by atomic mass is 35.5. The zero-order valence-electron chi connectivity index (χ0n) is 26.7. The van der Waals surface area contributed by atoms with Crippen LogP contribution in [0.25, 0.3) is 17.0 Å². The van der Waals surface area contributed by atoms with Crippen LogP contribution in [0.2, 0.25) is 10.0 Å². The number of allylic oxidation sites excluding steroid dienone is 1. The van der Waals surface area contributed by atoms with Crippen molar-refractivity contribution in [1.29, 1.82) is 0 Å². The zero-order chi connectivity index (χ0) is 34.2. The van der Waals surface area contributed by atoms with Gasteiger partial charge in [0, 0.05) is 44.9 Å². The minimum atomic E-state index is -0.782. The van der Waals surface area contributed by atoms with Gasteiger partial charge in [-0.05, 0) is 66.6 Å². The van der Waals surface area contributed by atoms with E-state index in [1.54, 1.807) is 43.9 Å². The van der Waals surface area contributed by atoms with Crippen molar-refractivity contribution in [2.75, 3.05) is 19.5 Å². The van der Waals surface area contributed by atoms with Crippen molar-refractivity contribution >= 4 is 63.1 Å². The summed E-state index contributed by atoms with van der Waals surface area (Å²) in [5, 5.41) is 5.12. The molecular weight excluding hydrogens is 679 g/mol. The topological polar surface area (TPSA) is 86.9 Å². The molecule has 0 saturated heterocycles. The summed E-state index contributed by atoms with van der Waals surface area (Å²) >= 11 is 14.0. The number of thiazole rings is 1. The molecule has 6 aromatic rings. The number of fused-ring (bicyclic) bond motifs is 2. The minimum absolute atomic E-state index is 0.265. The summed E-state index contributed by atoms with van der Waals surface area (Å²) in [6.07, 6.45) is 3.91. The summed E-state index contributed by atoms with van der Waals surface area (Å²) in [5.74, 6) is 0.657. The molecule has 2 aromatic heterocycles. The van der Waals surface area contributed by atoms with Crippen LogP contribution in [0.4, 0.5) is 5.69 Å². The fourth-order valence-electron chi connectivity index (χ4n) is 6.17. The van der Waals surface area contributed by atoms with Gasteiger partial charge in [-0.1, -0.05) is 83.1 Å². The number of aromatic nitrogens is 2. The second kappa shape index (κ2) is 13.4. The van der Waals surface area contributed by atoms with Gasteiger partial charge in [0.15, 0.2) is 16.3 Å². The lowest BCUT2D eigenvalue weighted by molar-refractivity contribution is -0.113. The fourth-order valence-corrected chi connectivity index (χ4v) is 7.67. The Labute approximate surface area is 295 Å². The summed E-state index contributed by atoms with van der Waals surface area (Å²) in [6.45, 7) is 2.31. The third kappa shape index (κ3) is 6.17. The summed E-state index contributed by atoms with van der Waals surface area (Å²) in [6, 6.07) is 27.3. The quantitative estimate of drug-likeness (QED) is 0.181. The van der Waals surface area contributed by atoms with Crippen molar-refractivity contribution in [3.05, 3.63) is 155 Å². The summed E-state index contributed by atoms with van der Waals surface area (Å²) in [4.78, 5) is 33.7. The summed E-state index contributed by atoms with van der Waals surface area (Å²) < 4.78 is 15.3. The molecule has 0 fully saturated rings. The monoisotopic (exact) mass is 708 g/mol. The number of halogens is 2. The summed E-state index contributed by atoms with van der Waals surface area (Å²) in [5.41, 5.74) is 4.69. The standard InChI is InChI=1S/C38H30Cl2N4O4S/c1-22-34(36(45)42-27-9-5-4-6-10-27)35(23-14-16-31(47-2)32(17-23)48-3)44-37(46)33(49-38(44)41-22)18-25-21-43(30-12-8-7-11-28(25)30)20-24-13-15-26(39)19-29(24)40/h4-19,21,35H,20H2,1-3H3,(H,42,45)/b33-18-/t35-/m1/s1. The van der Waals surface area contributed by atoms with Crippen LogP contribution < -0.4 is 29.7 Å². The second-order valence-electron chi connectivity index (χ2n) is 11.5. The number of carbonyl (C=O) groups excluding carboxylic acids is 1. The number of nitrogens with one attached hydrogen (secondary N) is 1. The Hall–Kier alpha value is -5.09. The molecule has 0 bridgehead atoms. The second-order valence-corrected chi connectivity index (χ2v) is 13.3. The molecule has 0 aliphatic carbocycles. The molecular formula is C38H30Cl2N4O4S. The number of nitrogens with zero attached hydrogens (tertiary/aromatic N) is 3. The van der Waals surface area contributed by atoms with E-state index in [9.17, 15) is 9.59 Å². The third-order valence-corrected chi connectivity index (χ3v) is 10.1. The molecule has 246 valence electrons. The van der Waals surface area contributed by atoms with Gasteiger partial charge in [-0.15, -0.1) is 0 Å². The molecule has 0 unspecified atom stereocenters. The lowest BCUT2D eigenvalue weighted by atomic mass is 9.94. The van der Waals surface area contributed by atoms with Crippen LogP contribution in [0.5, 0.6) is 11.5 Å². The predicted octanol–water partition coefficient (Wildman–Crippen LogP) is 7.20. The average molecular weight is 710 g/mol. The van der Waals surface area contributed by atoms with Gasteiger partial charge in [0.2, 0.25) is 0 Å². The molecule has 1 N–H and O–H groups in total. The lowest BCUT2D eigenvalue weighted by Gasteiger charge is -2.26. The van der Waals surface area contributed by atoms with Crippen molar-refractivity contribution < 1.29 is 14.3 Å². The van der Waals surface area contributed by atoms with E-state index in [-0.39, 0.29) is 11.5 Å². The number of hydrogen-bond acceptors (Lipinski definition) is 6. The van der Waals surface area contributed by atoms with Crippen LogP contribution >= 0.6 is 34.5 Å². The van der Waals surface area contributed by atoms with Crippen molar-refractivity contribution in [2.24, 2.45) is 4.99 Å². The Morgan fingerprint density at radius 2 is 1.71 bits per heavy atom. The van der Waals surface area contributed by atoms with E-state index in [2.05, 4.69) is 9.88 Å². The van der Waals surface area contributed by atoms with E-state index in [0.29, 0.717) is 59.9 Å². The number of benzene rings is 4. The van der Waals surface area contributed by atoms with Gasteiger partial charge in [-0.25, -0.2) is 4.99 Å². The first-order valence-corrected chi connectivity index (χ1v) is 17.0. The fraction of sp³-hybridized carbons (Fsp3) is 0.132. The third-order valence-electron chi connectivity index (χ3n) is 8.48. The first kappa shape index (κ1) is 32.5. The van der Waals surface area contributed by atoms with Crippen molar-refractivity contribution in [3.63, 3.8) is 0 Å². The molecule has 11 heteroatoms. The number of carbonyl (C=O) groups is 1. The molecule has 7 rings (SSSR count). The molecule has 3 heterocycles. The molecule has 0 spiro atoms. The number of methoxy groups -OCH3 is 2. The Morgan fingerprint density at radius 1 is 0.959 bits per heavy atom. The molecule has 1 amide bonds.